The van der Waals surface area contributed by atoms with Crippen molar-refractivity contribution in [3.8, 4) is 0 Å². The van der Waals surface area contributed by atoms with E-state index in [1.165, 1.54) is 141 Å². The first kappa shape index (κ1) is 57.9. The number of nitrogens with one attached hydrogen (secondary N) is 1. The monoisotopic (exact) mass is 1070 g/mol. The molecule has 0 spiro atoms. The van der Waals surface area contributed by atoms with E-state index < -0.39 is 0 Å². The number of esters is 2. The molecule has 1 fully saturated rings. The third kappa shape index (κ3) is 33.5. The minimum absolute atomic E-state index is 0. The molecule has 1 N–H and O–H groups in total. The Morgan fingerprint density at radius 3 is 1.15 bits per heavy atom. The van der Waals surface area contributed by atoms with E-state index in [0.717, 1.165) is 116 Å². The third-order valence-electron chi connectivity index (χ3n) is 13.1. The molecule has 1 saturated heterocycles. The van der Waals surface area contributed by atoms with Crippen molar-refractivity contribution in [3.63, 3.8) is 0 Å². The van der Waals surface area contributed by atoms with Crippen LogP contribution < -0.4 is 5.32 Å². The molecule has 2 unspecified atom stereocenters. The van der Waals surface area contributed by atoms with E-state index in [4.69, 9.17) is 9.47 Å². The van der Waals surface area contributed by atoms with Gasteiger partial charge in [-0.3, -0.25) is 9.59 Å². The average molecular weight is 1080 g/mol. The standard InChI is InChI=1S/C53H103N2O4.Cm/c1-6-11-16-20-24-28-37-48(38-29-25-21-17-12-7-2)52(56)58-44-35-32-41-50-46-55(43-34-15-10-5)47-51(54-50)42-33-36-45-59-53(57)49(39-30-26-22-18-13-8-3)40-31-27-23-19-14-9-4;/h48-51,54H,5-47H2,1-4H3;/q-1;. The smallest absolute Gasteiger partial charge is 0.308 e. The summed E-state index contributed by atoms with van der Waals surface area (Å²) >= 11 is 0. The van der Waals surface area contributed by atoms with Crippen LogP contribution in [0, 0.1) is 18.8 Å². The van der Waals surface area contributed by atoms with Gasteiger partial charge in [0.2, 0.25) is 0 Å². The zero-order valence-electron chi connectivity index (χ0n) is 40.6. The number of piperazine rings is 1. The second-order valence-electron chi connectivity index (χ2n) is 18.8. The predicted octanol–water partition coefficient (Wildman–Crippen LogP) is 15.3. The molecule has 0 aromatic rings. The van der Waals surface area contributed by atoms with Gasteiger partial charge in [-0.25, -0.2) is 0 Å². The molecule has 2 atom stereocenters. The SMILES string of the molecule is [CH2-]CCCCN1CC(CCCCOC(=O)C(CCCCCCCC)CCCCCCCC)NC(CCCCOC(=O)C(CCCCCCCC)CCCCCCCC)C1.[Cm]. The number of hydrogen-bond donors (Lipinski definition) is 1. The molecule has 1 aliphatic heterocycles. The third-order valence-corrected chi connectivity index (χ3v) is 13.1. The van der Waals surface area contributed by atoms with Crippen molar-refractivity contribution in [2.75, 3.05) is 32.8 Å². The quantitative estimate of drug-likeness (QED) is 0.0373. The van der Waals surface area contributed by atoms with Gasteiger partial charge in [-0.1, -0.05) is 188 Å². The van der Waals surface area contributed by atoms with Crippen molar-refractivity contribution in [2.45, 2.75) is 277 Å². The molecule has 6 nitrogen and oxygen atoms in total. The fraction of sp³-hybridized carbons (Fsp3) is 0.943. The van der Waals surface area contributed by atoms with Crippen LogP contribution in [0.1, 0.15) is 265 Å². The van der Waals surface area contributed by atoms with Crippen molar-refractivity contribution in [1.82, 2.24) is 10.2 Å². The normalized spacial score (nSPS) is 15.8. The fourth-order valence-corrected chi connectivity index (χ4v) is 9.19. The van der Waals surface area contributed by atoms with E-state index in [9.17, 15) is 9.59 Å². The molecule has 1 rings (SSSR count). The molecule has 0 saturated carbocycles. The summed E-state index contributed by atoms with van der Waals surface area (Å²) in [7, 11) is 0. The summed E-state index contributed by atoms with van der Waals surface area (Å²) in [6, 6.07) is 0.944. The van der Waals surface area contributed by atoms with Crippen molar-refractivity contribution in [2.24, 2.45) is 11.8 Å². The van der Waals surface area contributed by atoms with Gasteiger partial charge in [-0.15, -0.1) is 0 Å². The Balaban J connectivity index is 0.0000348. The molecule has 358 valence electrons. The molecule has 1 aliphatic rings. The van der Waals surface area contributed by atoms with E-state index in [1.807, 2.05) is 0 Å². The van der Waals surface area contributed by atoms with Gasteiger partial charge in [-0.05, 0) is 77.2 Å². The summed E-state index contributed by atoms with van der Waals surface area (Å²) in [4.78, 5) is 29.2. The van der Waals surface area contributed by atoms with Crippen molar-refractivity contribution in [1.29, 1.82) is 0 Å². The maximum Gasteiger partial charge on any atom is 0.308 e. The van der Waals surface area contributed by atoms with Gasteiger partial charge < -0.3 is 26.6 Å². The van der Waals surface area contributed by atoms with Crippen molar-refractivity contribution >= 4 is 11.9 Å². The first-order chi connectivity index (χ1) is 29.0. The zero-order valence-corrected chi connectivity index (χ0v) is 43.6. The van der Waals surface area contributed by atoms with Gasteiger partial charge in [0.1, 0.15) is 0 Å². The summed E-state index contributed by atoms with van der Waals surface area (Å²) in [6.07, 6.45) is 44.2. The number of unbranched alkanes of at least 4 members (excludes halogenated alkanes) is 24. The number of carbonyl (C=O) groups excluding carboxylic acids is 2. The number of rotatable bonds is 44. The Morgan fingerprint density at radius 1 is 0.483 bits per heavy atom. The van der Waals surface area contributed by atoms with Crippen molar-refractivity contribution < 1.29 is 19.1 Å². The first-order valence-corrected chi connectivity index (χ1v) is 26.6. The predicted molar refractivity (Wildman–Crippen MR) is 255 cm³/mol. The van der Waals surface area contributed by atoms with Gasteiger partial charge >= 0.3 is 11.9 Å². The minimum Gasteiger partial charge on any atom is -0.465 e. The molecule has 0 radical (unpaired) electrons. The Labute approximate surface area is 369 Å². The number of nitrogens with zero attached hydrogens (tertiary/aromatic N) is 1. The first-order valence-electron chi connectivity index (χ1n) is 26.6. The summed E-state index contributed by atoms with van der Waals surface area (Å²) in [5.41, 5.74) is 0. The van der Waals surface area contributed by atoms with E-state index in [1.54, 1.807) is 0 Å². The van der Waals surface area contributed by atoms with Crippen LogP contribution in [0.25, 0.3) is 0 Å². The Morgan fingerprint density at radius 2 is 0.817 bits per heavy atom. The van der Waals surface area contributed by atoms with Crippen LogP contribution in [0.4, 0.5) is 0 Å². The molecular weight excluding hydrogens is 976 g/mol. The van der Waals surface area contributed by atoms with Gasteiger partial charge in [-0.2, -0.15) is 6.42 Å². The molecule has 0 amide bonds. The van der Waals surface area contributed by atoms with Crippen molar-refractivity contribution in [3.05, 3.63) is 6.92 Å². The van der Waals surface area contributed by atoms with Crippen LogP contribution in [0.15, 0.2) is 0 Å². The fourth-order valence-electron chi connectivity index (χ4n) is 9.19. The average Bonchev–Trinajstić information content (AvgIpc) is 3.23. The largest absolute Gasteiger partial charge is 0.465 e. The van der Waals surface area contributed by atoms with Crippen LogP contribution in [0.3, 0.4) is 0 Å². The summed E-state index contributed by atoms with van der Waals surface area (Å²) in [5, 5.41) is 4.01. The van der Waals surface area contributed by atoms with Gasteiger partial charge in [0.05, 0.1) is 25.0 Å². The molecule has 0 aromatic carbocycles. The van der Waals surface area contributed by atoms with E-state index >= 15 is 0 Å². The van der Waals surface area contributed by atoms with Crippen LogP contribution in [0.2, 0.25) is 0 Å². The summed E-state index contributed by atoms with van der Waals surface area (Å²) in [6.45, 7) is 17.6. The van der Waals surface area contributed by atoms with E-state index in [0.29, 0.717) is 25.3 Å². The summed E-state index contributed by atoms with van der Waals surface area (Å²) in [5.74, 6) is 0.299. The van der Waals surface area contributed by atoms with E-state index in [2.05, 4.69) is 44.8 Å². The molecule has 0 bridgehead atoms. The maximum absolute atomic E-state index is 13.3. The molecule has 0 aromatic heterocycles. The second kappa shape index (κ2) is 43.5. The Hall–Kier alpha value is -2.14. The molecule has 0 aliphatic carbocycles. The van der Waals surface area contributed by atoms with Crippen LogP contribution in [0.5, 0.6) is 0 Å². The topological polar surface area (TPSA) is 67.9 Å². The van der Waals surface area contributed by atoms with Crippen LogP contribution in [-0.4, -0.2) is 61.8 Å². The second-order valence-corrected chi connectivity index (χ2v) is 18.8. The molecular formula is C53H103CmN2O4-. The molecule has 60 heavy (non-hydrogen) atoms. The van der Waals surface area contributed by atoms with Gasteiger partial charge in [0.15, 0.2) is 0 Å². The molecule has 1 heterocycles. The van der Waals surface area contributed by atoms with E-state index in [-0.39, 0.29) is 23.8 Å². The van der Waals surface area contributed by atoms with Gasteiger partial charge in [0.25, 0.3) is 0 Å². The van der Waals surface area contributed by atoms with Crippen LogP contribution in [-0.2, 0) is 19.1 Å². The van der Waals surface area contributed by atoms with Gasteiger partial charge in [0, 0.05) is 25.2 Å². The maximum atomic E-state index is 13.3. The Kier molecular flexibility index (Phi) is 42.0. The molecule has 7 heteroatoms. The number of ether oxygens (including phenoxy) is 2. The Bertz CT molecular complexity index is 823. The number of carbonyl (C=O) groups is 2. The van der Waals surface area contributed by atoms with Crippen LogP contribution >= 0.6 is 0 Å². The minimum atomic E-state index is 0. The number of hydrogen-bond acceptors (Lipinski definition) is 6. The summed E-state index contributed by atoms with van der Waals surface area (Å²) < 4.78 is 11.9. The zero-order chi connectivity index (χ0) is 42.9.